The van der Waals surface area contributed by atoms with Gasteiger partial charge in [-0.15, -0.1) is 11.8 Å². The Morgan fingerprint density at radius 1 is 0.952 bits per heavy atom. The predicted octanol–water partition coefficient (Wildman–Crippen LogP) is 3.94. The first-order valence-corrected chi connectivity index (χ1v) is 7.98. The number of nitrogen functional groups attached to an aromatic ring is 1. The van der Waals surface area contributed by atoms with Gasteiger partial charge in [-0.1, -0.05) is 30.3 Å². The summed E-state index contributed by atoms with van der Waals surface area (Å²) in [4.78, 5) is 8.69. The monoisotopic (exact) mass is 295 g/mol. The third-order valence-electron chi connectivity index (χ3n) is 3.33. The number of aromatic nitrogens is 2. The van der Waals surface area contributed by atoms with E-state index in [9.17, 15) is 0 Å². The van der Waals surface area contributed by atoms with Gasteiger partial charge in [-0.05, 0) is 42.4 Å². The number of thioether (sulfide) groups is 1. The molecule has 1 heterocycles. The summed E-state index contributed by atoms with van der Waals surface area (Å²) in [5, 5.41) is 2.20. The number of hydrogen-bond acceptors (Lipinski definition) is 4. The van der Waals surface area contributed by atoms with Crippen molar-refractivity contribution in [1.29, 1.82) is 0 Å². The first-order chi connectivity index (χ1) is 10.3. The van der Waals surface area contributed by atoms with Crippen LogP contribution in [0.5, 0.6) is 0 Å². The van der Waals surface area contributed by atoms with Gasteiger partial charge in [-0.3, -0.25) is 0 Å². The van der Waals surface area contributed by atoms with Gasteiger partial charge in [0.2, 0.25) is 0 Å². The molecule has 0 fully saturated rings. The second-order valence-corrected chi connectivity index (χ2v) is 5.97. The van der Waals surface area contributed by atoms with Gasteiger partial charge in [0.05, 0.1) is 5.52 Å². The molecule has 0 radical (unpaired) electrons. The van der Waals surface area contributed by atoms with Crippen LogP contribution in [0.25, 0.3) is 10.9 Å². The molecule has 21 heavy (non-hydrogen) atoms. The van der Waals surface area contributed by atoms with Crippen molar-refractivity contribution in [2.45, 2.75) is 17.9 Å². The largest absolute Gasteiger partial charge is 0.399 e. The maximum absolute atomic E-state index is 5.69. The van der Waals surface area contributed by atoms with Crippen LogP contribution >= 0.6 is 11.8 Å². The van der Waals surface area contributed by atoms with Crippen molar-refractivity contribution in [3.63, 3.8) is 0 Å². The van der Waals surface area contributed by atoms with Crippen molar-refractivity contribution in [3.05, 3.63) is 60.4 Å². The summed E-state index contributed by atoms with van der Waals surface area (Å²) in [6.07, 6.45) is 3.83. The van der Waals surface area contributed by atoms with E-state index < -0.39 is 0 Å². The highest BCUT2D eigenvalue weighted by atomic mass is 32.2. The van der Waals surface area contributed by atoms with E-state index in [1.54, 1.807) is 18.1 Å². The van der Waals surface area contributed by atoms with Gasteiger partial charge >= 0.3 is 0 Å². The Balaban J connectivity index is 1.58. The first-order valence-electron chi connectivity index (χ1n) is 7.00. The fourth-order valence-corrected chi connectivity index (χ4v) is 3.16. The normalized spacial score (nSPS) is 10.9. The van der Waals surface area contributed by atoms with E-state index in [0.717, 1.165) is 40.2 Å². The van der Waals surface area contributed by atoms with Gasteiger partial charge in [-0.25, -0.2) is 9.97 Å². The molecule has 0 atom stereocenters. The van der Waals surface area contributed by atoms with Crippen LogP contribution in [0, 0.1) is 0 Å². The molecular formula is C17H17N3S. The molecule has 0 aliphatic heterocycles. The van der Waals surface area contributed by atoms with Gasteiger partial charge in [0.25, 0.3) is 0 Å². The number of rotatable bonds is 5. The Morgan fingerprint density at radius 3 is 2.62 bits per heavy atom. The summed E-state index contributed by atoms with van der Waals surface area (Å²) in [5.74, 6) is 1.05. The standard InChI is InChI=1S/C17H17N3S/c18-14-9-7-13(8-10-14)4-3-11-21-17-15-5-1-2-6-16(15)19-12-20-17/h1-2,5-10,12H,3-4,11,18H2. The van der Waals surface area contributed by atoms with E-state index in [1.165, 1.54) is 5.56 Å². The Hall–Kier alpha value is -2.07. The minimum atomic E-state index is 0.820. The minimum absolute atomic E-state index is 0.820. The van der Waals surface area contributed by atoms with Crippen LogP contribution in [0.2, 0.25) is 0 Å². The highest BCUT2D eigenvalue weighted by Crippen LogP contribution is 2.25. The number of aryl methyl sites for hydroxylation is 1. The molecule has 0 amide bonds. The van der Waals surface area contributed by atoms with Crippen LogP contribution in [-0.4, -0.2) is 15.7 Å². The topological polar surface area (TPSA) is 51.8 Å². The van der Waals surface area contributed by atoms with E-state index in [0.29, 0.717) is 0 Å². The Morgan fingerprint density at radius 2 is 1.76 bits per heavy atom. The molecule has 0 aliphatic rings. The maximum Gasteiger partial charge on any atom is 0.117 e. The molecule has 2 N–H and O–H groups in total. The number of nitrogens with two attached hydrogens (primary N) is 1. The van der Waals surface area contributed by atoms with Crippen molar-refractivity contribution in [2.24, 2.45) is 0 Å². The number of fused-ring (bicyclic) bond motifs is 1. The molecule has 0 saturated carbocycles. The number of para-hydroxylation sites is 1. The lowest BCUT2D eigenvalue weighted by atomic mass is 10.1. The third kappa shape index (κ3) is 3.52. The smallest absolute Gasteiger partial charge is 0.117 e. The van der Waals surface area contributed by atoms with E-state index in [2.05, 4.69) is 28.2 Å². The van der Waals surface area contributed by atoms with Crippen LogP contribution < -0.4 is 5.73 Å². The summed E-state index contributed by atoms with van der Waals surface area (Å²) >= 11 is 1.80. The molecule has 0 aliphatic carbocycles. The average molecular weight is 295 g/mol. The molecule has 3 nitrogen and oxygen atoms in total. The third-order valence-corrected chi connectivity index (χ3v) is 4.43. The van der Waals surface area contributed by atoms with Crippen LogP contribution in [0.4, 0.5) is 5.69 Å². The lowest BCUT2D eigenvalue weighted by molar-refractivity contribution is 0.931. The predicted molar refractivity (Wildman–Crippen MR) is 89.4 cm³/mol. The summed E-state index contributed by atoms with van der Waals surface area (Å²) in [6, 6.07) is 16.3. The van der Waals surface area contributed by atoms with Crippen molar-refractivity contribution in [1.82, 2.24) is 9.97 Å². The number of hydrogen-bond donors (Lipinski definition) is 1. The van der Waals surface area contributed by atoms with Crippen LogP contribution in [0.15, 0.2) is 59.9 Å². The first kappa shape index (κ1) is 13.9. The van der Waals surface area contributed by atoms with Gasteiger partial charge in [0.15, 0.2) is 0 Å². The molecule has 0 unspecified atom stereocenters. The zero-order chi connectivity index (χ0) is 14.5. The lowest BCUT2D eigenvalue weighted by Crippen LogP contribution is -1.91. The lowest BCUT2D eigenvalue weighted by Gasteiger charge is -2.05. The van der Waals surface area contributed by atoms with Crippen molar-refractivity contribution >= 4 is 28.4 Å². The Bertz CT molecular complexity index is 720. The summed E-state index contributed by atoms with van der Waals surface area (Å²) in [7, 11) is 0. The van der Waals surface area contributed by atoms with Crippen LogP contribution in [0.3, 0.4) is 0 Å². The number of anilines is 1. The molecular weight excluding hydrogens is 278 g/mol. The van der Waals surface area contributed by atoms with E-state index in [4.69, 9.17) is 5.73 Å². The zero-order valence-electron chi connectivity index (χ0n) is 11.7. The minimum Gasteiger partial charge on any atom is -0.399 e. The SMILES string of the molecule is Nc1ccc(CCCSc2ncnc3ccccc23)cc1. The molecule has 3 rings (SSSR count). The highest BCUT2D eigenvalue weighted by Gasteiger charge is 2.03. The molecule has 4 heteroatoms. The van der Waals surface area contributed by atoms with E-state index in [-0.39, 0.29) is 0 Å². The van der Waals surface area contributed by atoms with Crippen molar-refractivity contribution in [2.75, 3.05) is 11.5 Å². The molecule has 2 aromatic carbocycles. The summed E-state index contributed by atoms with van der Waals surface area (Å²) < 4.78 is 0. The quantitative estimate of drug-likeness (QED) is 0.335. The molecule has 0 bridgehead atoms. The Labute approximate surface area is 128 Å². The van der Waals surface area contributed by atoms with Crippen molar-refractivity contribution in [3.8, 4) is 0 Å². The van der Waals surface area contributed by atoms with Crippen LogP contribution in [0.1, 0.15) is 12.0 Å². The zero-order valence-corrected chi connectivity index (χ0v) is 12.5. The van der Waals surface area contributed by atoms with Gasteiger partial charge in [0.1, 0.15) is 11.4 Å². The van der Waals surface area contributed by atoms with Gasteiger partial charge in [0, 0.05) is 11.1 Å². The van der Waals surface area contributed by atoms with E-state index in [1.807, 2.05) is 30.3 Å². The molecule has 3 aromatic rings. The fourth-order valence-electron chi connectivity index (χ4n) is 2.22. The van der Waals surface area contributed by atoms with Gasteiger partial charge in [-0.2, -0.15) is 0 Å². The highest BCUT2D eigenvalue weighted by molar-refractivity contribution is 7.99. The second kappa shape index (κ2) is 6.59. The molecule has 1 aromatic heterocycles. The van der Waals surface area contributed by atoms with Gasteiger partial charge < -0.3 is 5.73 Å². The Kier molecular flexibility index (Phi) is 4.36. The van der Waals surface area contributed by atoms with E-state index >= 15 is 0 Å². The number of nitrogens with zero attached hydrogens (tertiary/aromatic N) is 2. The maximum atomic E-state index is 5.69. The second-order valence-electron chi connectivity index (χ2n) is 4.89. The fraction of sp³-hybridized carbons (Fsp3) is 0.176. The molecule has 106 valence electrons. The number of benzene rings is 2. The average Bonchev–Trinajstić information content (AvgIpc) is 2.53. The van der Waals surface area contributed by atoms with Crippen LogP contribution in [-0.2, 0) is 6.42 Å². The molecule has 0 saturated heterocycles. The summed E-state index contributed by atoms with van der Waals surface area (Å²) in [6.45, 7) is 0. The summed E-state index contributed by atoms with van der Waals surface area (Å²) in [5.41, 5.74) is 8.85. The molecule has 0 spiro atoms. The van der Waals surface area contributed by atoms with Crippen molar-refractivity contribution < 1.29 is 0 Å².